The highest BCUT2D eigenvalue weighted by Crippen LogP contribution is 1.90. The van der Waals surface area contributed by atoms with Gasteiger partial charge in [-0.05, 0) is 0 Å². The maximum Gasteiger partial charge on any atom is 0.121 e. The van der Waals surface area contributed by atoms with Crippen LogP contribution in [0.4, 0.5) is 25.9 Å². The topological polar surface area (TPSA) is 330 Å². The van der Waals surface area contributed by atoms with Crippen molar-refractivity contribution < 1.29 is 145 Å². The second-order valence-corrected chi connectivity index (χ2v) is 27.6. The summed E-state index contributed by atoms with van der Waals surface area (Å²) in [5, 5.41) is 99.7. The summed E-state index contributed by atoms with van der Waals surface area (Å²) in [6.07, 6.45) is 34.8. The smallest absolute Gasteiger partial charge is 0.121 e. The molecule has 0 aromatic heterocycles. The van der Waals surface area contributed by atoms with Gasteiger partial charge in [-0.2, -0.15) is 0 Å². The van der Waals surface area contributed by atoms with Crippen LogP contribution in [0.5, 0.6) is 0 Å². The van der Waals surface area contributed by atoms with E-state index >= 15 is 0 Å². The highest BCUT2D eigenvalue weighted by atomic mass is 19.1. The number of halogens is 6. The van der Waals surface area contributed by atoms with Crippen molar-refractivity contribution in [1.82, 2.24) is 0 Å². The zero-order chi connectivity index (χ0) is 74.3. The zero-order valence-corrected chi connectivity index (χ0v) is 62.6. The van der Waals surface area contributed by atoms with Crippen molar-refractivity contribution in [3.8, 4) is 0 Å². The molecular formula is C60H144B6F6N12O12. The molecule has 12 aliphatic rings. The van der Waals surface area contributed by atoms with Gasteiger partial charge >= 0.3 is 0 Å². The van der Waals surface area contributed by atoms with Crippen LogP contribution in [0.3, 0.4) is 0 Å². The number of quaternary nitrogens is 12. The van der Waals surface area contributed by atoms with Crippen LogP contribution in [-0.4, -0.2) is 286 Å². The van der Waals surface area contributed by atoms with Gasteiger partial charge < -0.3 is 145 Å². The Balaban J connectivity index is -0.000000224. The number of nitrogens with one attached hydrogen (secondary N) is 12. The lowest BCUT2D eigenvalue weighted by Gasteiger charge is -2.09. The summed E-state index contributed by atoms with van der Waals surface area (Å²) < 4.78 is 59.3. The van der Waals surface area contributed by atoms with E-state index in [9.17, 15) is 25.9 Å². The van der Waals surface area contributed by atoms with E-state index in [1.165, 1.54) is 311 Å². The van der Waals surface area contributed by atoms with Gasteiger partial charge in [0.25, 0.3) is 0 Å². The highest BCUT2D eigenvalue weighted by molar-refractivity contribution is 6.28. The van der Waals surface area contributed by atoms with Crippen molar-refractivity contribution in [2.24, 2.45) is 0 Å². The first-order chi connectivity index (χ1) is 45.1. The van der Waals surface area contributed by atoms with Crippen LogP contribution in [0.1, 0.15) is 154 Å². The Labute approximate surface area is 583 Å². The van der Waals surface area contributed by atoms with Crippen molar-refractivity contribution in [2.75, 3.05) is 242 Å². The van der Waals surface area contributed by atoms with Crippen LogP contribution in [0.25, 0.3) is 0 Å². The van der Waals surface area contributed by atoms with Crippen LogP contribution in [0, 0.1) is 0 Å². The molecule has 0 atom stereocenters. The Bertz CT molecular complexity index is 1070. The summed E-state index contributed by atoms with van der Waals surface area (Å²) in [6.45, 7) is 33.7. The quantitative estimate of drug-likeness (QED) is 0.0796. The summed E-state index contributed by atoms with van der Waals surface area (Å²) in [5.41, 5.74) is 0. The molecule has 576 valence electrons. The third-order valence-corrected chi connectivity index (χ3v) is 17.5. The van der Waals surface area contributed by atoms with Gasteiger partial charge in [-0.1, -0.05) is 0 Å². The van der Waals surface area contributed by atoms with Gasteiger partial charge in [-0.15, -0.1) is 0 Å². The predicted molar refractivity (Wildman–Crippen MR) is 351 cm³/mol. The van der Waals surface area contributed by atoms with Gasteiger partial charge in [-0.3, -0.25) is 0 Å². The maximum atomic E-state index is 9.89. The van der Waals surface area contributed by atoms with E-state index in [-0.39, 0.29) is 0 Å². The Hall–Kier alpha value is -0.990. The molecule has 36 heteroatoms. The third-order valence-electron chi connectivity index (χ3n) is 17.5. The second-order valence-electron chi connectivity index (χ2n) is 27.6. The molecule has 0 aromatic rings. The fourth-order valence-electron chi connectivity index (χ4n) is 11.7. The van der Waals surface area contributed by atoms with Gasteiger partial charge in [0.05, 0.1) is 242 Å². The standard InChI is InChI=1S/12C5H11N.6BFO2/c12*1-6-4-2-3-5-6;6*2-1(3)4/h12*2-5H2,1H3;;;;;;/q;;;;;;;;;;;;6*-2/p+12. The van der Waals surface area contributed by atoms with Crippen LogP contribution in [0.15, 0.2) is 0 Å². The molecular weight excluding hydrogens is 1260 g/mol. The molecule has 12 N–H and O–H groups in total. The minimum absolute atomic E-state index is 1.40. The first-order valence-corrected chi connectivity index (χ1v) is 36.6. The third kappa shape index (κ3) is 114. The lowest BCUT2D eigenvalue weighted by atomic mass is 10.3. The molecule has 96 heavy (non-hydrogen) atoms. The monoisotopic (exact) mass is 1410 g/mol. The van der Waals surface area contributed by atoms with E-state index in [1.807, 2.05) is 0 Å². The molecule has 0 radical (unpaired) electrons. The van der Waals surface area contributed by atoms with Crippen LogP contribution < -0.4 is 119 Å². The molecule has 0 aromatic carbocycles. The fourth-order valence-corrected chi connectivity index (χ4v) is 11.7. The Morgan fingerprint density at radius 3 is 0.177 bits per heavy atom. The summed E-state index contributed by atoms with van der Waals surface area (Å²) in [5.74, 6) is 0. The molecule has 12 rings (SSSR count). The predicted octanol–water partition coefficient (Wildman–Crippen LogP) is -22.5. The molecule has 0 amide bonds. The molecule has 24 nitrogen and oxygen atoms in total. The van der Waals surface area contributed by atoms with Crippen LogP contribution in [0.2, 0.25) is 0 Å². The van der Waals surface area contributed by atoms with Crippen LogP contribution >= 0.6 is 0 Å². The van der Waals surface area contributed by atoms with Crippen molar-refractivity contribution in [3.05, 3.63) is 0 Å². The maximum absolute atomic E-state index is 9.89. The first-order valence-electron chi connectivity index (χ1n) is 36.6. The van der Waals surface area contributed by atoms with E-state index in [0.29, 0.717) is 0 Å². The number of likely N-dealkylation sites (tertiary alicyclic amines) is 12. The second kappa shape index (κ2) is 79.7. The van der Waals surface area contributed by atoms with Crippen molar-refractivity contribution in [3.63, 3.8) is 0 Å². The van der Waals surface area contributed by atoms with E-state index in [2.05, 4.69) is 84.6 Å². The summed E-state index contributed by atoms with van der Waals surface area (Å²) in [7, 11) is 8.08. The number of rotatable bonds is 0. The molecule has 0 aliphatic carbocycles. The molecule has 12 aliphatic heterocycles. The van der Waals surface area contributed by atoms with E-state index < -0.39 is 44.4 Å². The Morgan fingerprint density at radius 2 is 0.167 bits per heavy atom. The summed E-state index contributed by atoms with van der Waals surface area (Å²) in [4.78, 5) is 20.4. The van der Waals surface area contributed by atoms with Gasteiger partial charge in [-0.25, -0.2) is 0 Å². The minimum atomic E-state index is -3.17. The molecule has 0 bridgehead atoms. The number of hydrogen-bond donors (Lipinski definition) is 12. The summed E-state index contributed by atoms with van der Waals surface area (Å²) >= 11 is 0. The van der Waals surface area contributed by atoms with Crippen molar-refractivity contribution in [2.45, 2.75) is 154 Å². The van der Waals surface area contributed by atoms with Crippen molar-refractivity contribution >= 4 is 44.4 Å². The zero-order valence-electron chi connectivity index (χ0n) is 62.6. The molecule has 12 heterocycles. The molecule has 12 saturated heterocycles. The molecule has 0 saturated carbocycles. The SMILES string of the molecule is C[NH+]1CCCC1.C[NH+]1CCCC1.C[NH+]1CCCC1.C[NH+]1CCCC1.C[NH+]1CCCC1.C[NH+]1CCCC1.C[NH+]1CCCC1.C[NH+]1CCCC1.C[NH+]1CCCC1.C[NH+]1CCCC1.C[NH+]1CCCC1.C[NH+]1CCCC1.[O-]B([O-])F.[O-]B([O-])F.[O-]B([O-])F.[O-]B([O-])F.[O-]B([O-])F.[O-]B([O-])F. The first kappa shape index (κ1) is 106. The average Bonchev–Trinajstić information content (AvgIpc) is 4.39. The molecule has 12 fully saturated rings. The van der Waals surface area contributed by atoms with E-state index in [4.69, 9.17) is 60.3 Å². The lowest BCUT2D eigenvalue weighted by molar-refractivity contribution is -0.866. The van der Waals surface area contributed by atoms with Gasteiger partial charge in [0.15, 0.2) is 0 Å². The van der Waals surface area contributed by atoms with Gasteiger partial charge in [0.1, 0.15) is 44.4 Å². The largest absolute Gasteiger partial charge is 0.867 e. The molecule has 0 unspecified atom stereocenters. The highest BCUT2D eigenvalue weighted by Gasteiger charge is 2.14. The number of hydrogen-bond acceptors (Lipinski definition) is 12. The van der Waals surface area contributed by atoms with Gasteiger partial charge in [0.2, 0.25) is 0 Å². The van der Waals surface area contributed by atoms with Gasteiger partial charge in [0, 0.05) is 154 Å². The van der Waals surface area contributed by atoms with Crippen molar-refractivity contribution in [1.29, 1.82) is 0 Å². The fraction of sp³-hybridized carbons (Fsp3) is 1.00. The Morgan fingerprint density at radius 1 is 0.135 bits per heavy atom. The van der Waals surface area contributed by atoms with E-state index in [0.717, 1.165) is 0 Å². The lowest BCUT2D eigenvalue weighted by Crippen LogP contribution is -3.06. The van der Waals surface area contributed by atoms with Crippen LogP contribution in [-0.2, 0) is 0 Å². The molecule has 0 spiro atoms. The average molecular weight is 1400 g/mol. The minimum Gasteiger partial charge on any atom is -0.867 e. The Kier molecular flexibility index (Phi) is 88.0. The normalized spacial score (nSPS) is 20.8. The summed E-state index contributed by atoms with van der Waals surface area (Å²) in [6, 6.07) is 0. The van der Waals surface area contributed by atoms with E-state index in [1.54, 1.807) is 58.8 Å².